The van der Waals surface area contributed by atoms with Gasteiger partial charge in [-0.05, 0) is 56.2 Å². The van der Waals surface area contributed by atoms with E-state index in [1.54, 1.807) is 12.1 Å². The molecular formula is C20H23FN2OS. The molecule has 0 amide bonds. The van der Waals surface area contributed by atoms with Gasteiger partial charge in [0.25, 0.3) is 0 Å². The number of hydrogen-bond donors (Lipinski definition) is 2. The van der Waals surface area contributed by atoms with Crippen LogP contribution in [0.3, 0.4) is 0 Å². The molecule has 0 saturated carbocycles. The molecule has 25 heavy (non-hydrogen) atoms. The second-order valence-corrected chi connectivity index (χ2v) is 7.48. The molecule has 0 bridgehead atoms. The van der Waals surface area contributed by atoms with Crippen LogP contribution in [0.25, 0.3) is 0 Å². The van der Waals surface area contributed by atoms with Gasteiger partial charge in [-0.15, -0.1) is 0 Å². The summed E-state index contributed by atoms with van der Waals surface area (Å²) in [6.45, 7) is 4.83. The summed E-state index contributed by atoms with van der Waals surface area (Å²) in [7, 11) is 0. The molecule has 0 aromatic heterocycles. The van der Waals surface area contributed by atoms with Crippen molar-refractivity contribution in [1.29, 1.82) is 0 Å². The molecule has 0 radical (unpaired) electrons. The first-order valence-electron chi connectivity index (χ1n) is 8.43. The zero-order chi connectivity index (χ0) is 17.9. The van der Waals surface area contributed by atoms with Crippen molar-refractivity contribution in [3.63, 3.8) is 0 Å². The minimum Gasteiger partial charge on any atom is -0.375 e. The highest BCUT2D eigenvalue weighted by molar-refractivity contribution is 7.80. The standard InChI is InChI=1S/C20H23FN2OS/c1-19(2)14-20(11-12-24-19,15-7-4-3-5-8-15)23-18(25)22-17-10-6-9-16(21)13-17/h3-10,13H,11-12,14H2,1-2H3,(H2,22,23,25). The topological polar surface area (TPSA) is 33.3 Å². The highest BCUT2D eigenvalue weighted by Gasteiger charge is 2.42. The molecular weight excluding hydrogens is 335 g/mol. The number of halogens is 1. The fourth-order valence-corrected chi connectivity index (χ4v) is 3.81. The van der Waals surface area contributed by atoms with E-state index in [2.05, 4.69) is 36.6 Å². The molecule has 1 aliphatic rings. The number of ether oxygens (including phenoxy) is 1. The fourth-order valence-electron chi connectivity index (χ4n) is 3.50. The van der Waals surface area contributed by atoms with Crippen LogP contribution in [0, 0.1) is 5.82 Å². The lowest BCUT2D eigenvalue weighted by molar-refractivity contribution is -0.0856. The molecule has 1 atom stereocenters. The quantitative estimate of drug-likeness (QED) is 0.786. The SMILES string of the molecule is CC1(C)CC(NC(=S)Nc2cccc(F)c2)(c2ccccc2)CCO1. The van der Waals surface area contributed by atoms with E-state index in [1.165, 1.54) is 17.7 Å². The zero-order valence-corrected chi connectivity index (χ0v) is 15.3. The molecule has 0 aliphatic carbocycles. The maximum Gasteiger partial charge on any atom is 0.171 e. The number of nitrogens with one attached hydrogen (secondary N) is 2. The summed E-state index contributed by atoms with van der Waals surface area (Å²) in [5, 5.41) is 7.06. The van der Waals surface area contributed by atoms with E-state index in [1.807, 2.05) is 18.2 Å². The maximum atomic E-state index is 13.4. The Morgan fingerprint density at radius 1 is 1.12 bits per heavy atom. The maximum absolute atomic E-state index is 13.4. The molecule has 1 saturated heterocycles. The van der Waals surface area contributed by atoms with Crippen molar-refractivity contribution in [2.24, 2.45) is 0 Å². The van der Waals surface area contributed by atoms with E-state index in [-0.39, 0.29) is 17.0 Å². The molecule has 1 heterocycles. The first-order valence-corrected chi connectivity index (χ1v) is 8.84. The van der Waals surface area contributed by atoms with Crippen LogP contribution in [-0.2, 0) is 10.3 Å². The van der Waals surface area contributed by atoms with Crippen molar-refractivity contribution in [3.05, 3.63) is 66.0 Å². The van der Waals surface area contributed by atoms with E-state index in [9.17, 15) is 4.39 Å². The Hall–Kier alpha value is -1.98. The van der Waals surface area contributed by atoms with E-state index in [4.69, 9.17) is 17.0 Å². The van der Waals surface area contributed by atoms with Gasteiger partial charge in [0.1, 0.15) is 5.82 Å². The van der Waals surface area contributed by atoms with Crippen molar-refractivity contribution < 1.29 is 9.13 Å². The molecule has 3 nitrogen and oxygen atoms in total. The van der Waals surface area contributed by atoms with E-state index in [0.29, 0.717) is 17.4 Å². The number of rotatable bonds is 3. The van der Waals surface area contributed by atoms with Crippen molar-refractivity contribution in [2.75, 3.05) is 11.9 Å². The summed E-state index contributed by atoms with van der Waals surface area (Å²) in [4.78, 5) is 0. The lowest BCUT2D eigenvalue weighted by Gasteiger charge is -2.46. The minimum atomic E-state index is -0.319. The van der Waals surface area contributed by atoms with Gasteiger partial charge in [-0.2, -0.15) is 0 Å². The van der Waals surface area contributed by atoms with Crippen LogP contribution in [0.1, 0.15) is 32.3 Å². The third kappa shape index (κ3) is 4.35. The third-order valence-electron chi connectivity index (χ3n) is 4.51. The monoisotopic (exact) mass is 358 g/mol. The molecule has 0 spiro atoms. The van der Waals surface area contributed by atoms with Gasteiger partial charge in [0, 0.05) is 18.7 Å². The largest absolute Gasteiger partial charge is 0.375 e. The Morgan fingerprint density at radius 2 is 1.88 bits per heavy atom. The highest BCUT2D eigenvalue weighted by atomic mass is 32.1. The summed E-state index contributed by atoms with van der Waals surface area (Å²) < 4.78 is 19.3. The predicted molar refractivity (Wildman–Crippen MR) is 103 cm³/mol. The van der Waals surface area contributed by atoms with E-state index >= 15 is 0 Å². The smallest absolute Gasteiger partial charge is 0.171 e. The Balaban J connectivity index is 1.84. The molecule has 2 N–H and O–H groups in total. The number of benzene rings is 2. The second kappa shape index (κ2) is 7.10. The van der Waals surface area contributed by atoms with Gasteiger partial charge >= 0.3 is 0 Å². The summed E-state index contributed by atoms with van der Waals surface area (Å²) in [5.41, 5.74) is 1.23. The average molecular weight is 358 g/mol. The first kappa shape index (κ1) is 17.8. The van der Waals surface area contributed by atoms with Crippen molar-refractivity contribution in [3.8, 4) is 0 Å². The van der Waals surface area contributed by atoms with Gasteiger partial charge < -0.3 is 15.4 Å². The van der Waals surface area contributed by atoms with Crippen molar-refractivity contribution >= 4 is 23.0 Å². The molecule has 5 heteroatoms. The fraction of sp³-hybridized carbons (Fsp3) is 0.350. The molecule has 2 aromatic carbocycles. The molecule has 1 fully saturated rings. The zero-order valence-electron chi connectivity index (χ0n) is 14.5. The molecule has 2 aromatic rings. The van der Waals surface area contributed by atoms with Gasteiger partial charge in [-0.25, -0.2) is 4.39 Å². The minimum absolute atomic E-state index is 0.254. The van der Waals surface area contributed by atoms with Crippen molar-refractivity contribution in [2.45, 2.75) is 37.8 Å². The van der Waals surface area contributed by atoms with Gasteiger partial charge in [-0.3, -0.25) is 0 Å². The van der Waals surface area contributed by atoms with Crippen LogP contribution in [-0.4, -0.2) is 17.3 Å². The lowest BCUT2D eigenvalue weighted by atomic mass is 9.76. The summed E-state index contributed by atoms with van der Waals surface area (Å²) in [6, 6.07) is 16.6. The Kier molecular flexibility index (Phi) is 5.06. The molecule has 3 rings (SSSR count). The van der Waals surface area contributed by atoms with Crippen LogP contribution in [0.4, 0.5) is 10.1 Å². The Morgan fingerprint density at radius 3 is 2.56 bits per heavy atom. The predicted octanol–water partition coefficient (Wildman–Crippen LogP) is 4.60. The van der Waals surface area contributed by atoms with Gasteiger partial charge in [0.05, 0.1) is 11.1 Å². The lowest BCUT2D eigenvalue weighted by Crippen LogP contribution is -2.55. The molecule has 1 unspecified atom stereocenters. The van der Waals surface area contributed by atoms with Crippen LogP contribution in [0.5, 0.6) is 0 Å². The van der Waals surface area contributed by atoms with Crippen LogP contribution in [0.15, 0.2) is 54.6 Å². The van der Waals surface area contributed by atoms with Crippen LogP contribution < -0.4 is 10.6 Å². The van der Waals surface area contributed by atoms with E-state index in [0.717, 1.165) is 12.8 Å². The average Bonchev–Trinajstić information content (AvgIpc) is 2.54. The normalized spacial score (nSPS) is 22.2. The van der Waals surface area contributed by atoms with Crippen molar-refractivity contribution in [1.82, 2.24) is 5.32 Å². The van der Waals surface area contributed by atoms with Crippen LogP contribution >= 0.6 is 12.2 Å². The van der Waals surface area contributed by atoms with Gasteiger partial charge in [0.2, 0.25) is 0 Å². The third-order valence-corrected chi connectivity index (χ3v) is 4.71. The molecule has 1 aliphatic heterocycles. The number of anilines is 1. The summed E-state index contributed by atoms with van der Waals surface area (Å²) in [6.07, 6.45) is 1.60. The Labute approximate surface area is 153 Å². The van der Waals surface area contributed by atoms with Gasteiger partial charge in [0.15, 0.2) is 5.11 Å². The summed E-state index contributed by atoms with van der Waals surface area (Å²) in [5.74, 6) is -0.294. The first-order chi connectivity index (χ1) is 11.9. The second-order valence-electron chi connectivity index (χ2n) is 7.07. The molecule has 132 valence electrons. The Bertz CT molecular complexity index is 750. The number of hydrogen-bond acceptors (Lipinski definition) is 2. The summed E-state index contributed by atoms with van der Waals surface area (Å²) >= 11 is 5.52. The van der Waals surface area contributed by atoms with Gasteiger partial charge in [-0.1, -0.05) is 36.4 Å². The highest BCUT2D eigenvalue weighted by Crippen LogP contribution is 2.39. The number of thiocarbonyl (C=S) groups is 1. The van der Waals surface area contributed by atoms with E-state index < -0.39 is 0 Å². The van der Waals surface area contributed by atoms with Crippen LogP contribution in [0.2, 0.25) is 0 Å².